The van der Waals surface area contributed by atoms with E-state index in [1.807, 2.05) is 38.2 Å². The fraction of sp³-hybridized carbons (Fsp3) is 0.0492. The van der Waals surface area contributed by atoms with E-state index in [2.05, 4.69) is 225 Å². The Morgan fingerprint density at radius 1 is 0.277 bits per heavy atom. The number of rotatable bonds is 5. The van der Waals surface area contributed by atoms with E-state index in [1.54, 1.807) is 0 Å². The maximum absolute atomic E-state index is 2.50. The maximum Gasteiger partial charge on any atom is 0.0641 e. The summed E-state index contributed by atoms with van der Waals surface area (Å²) in [6.45, 7) is 4.00. The Morgan fingerprint density at radius 3 is 1.02 bits per heavy atom. The standard InChI is InChI=1S/C54H34N4.C6H10.CH4/c1-3-16-35(17-4-1)55-47-28-13-9-24-43(47)51-49(55)32-30-41-39-22-7-11-26-45(39)57(53(41)51)37-20-15-21-38(34-37)58-46-27-12-8-23-40(46)42-31-33-50-52(54(42)58)44-25-10-14-29-48(44)56(50)36-18-5-2-6-19-36;1-3-5-6-4-2;/h1-34H;3-6H,1-2H3;1H4/b;5-3-,6-4-;. The van der Waals surface area contributed by atoms with Gasteiger partial charge in [0.25, 0.3) is 0 Å². The average Bonchev–Trinajstić information content (AvgIpc) is 4.09. The minimum atomic E-state index is 0. The van der Waals surface area contributed by atoms with Gasteiger partial charge in [-0.1, -0.05) is 159 Å². The van der Waals surface area contributed by atoms with Crippen LogP contribution in [0.15, 0.2) is 231 Å². The molecular formula is C61H48N4. The molecule has 0 aliphatic carbocycles. The lowest BCUT2D eigenvalue weighted by Gasteiger charge is -2.14. The van der Waals surface area contributed by atoms with Crippen LogP contribution in [0.25, 0.3) is 110 Å². The zero-order valence-electron chi connectivity index (χ0n) is 35.7. The lowest BCUT2D eigenvalue weighted by Crippen LogP contribution is -1.99. The first-order chi connectivity index (χ1) is 31.7. The Kier molecular flexibility index (Phi) is 9.78. The van der Waals surface area contributed by atoms with Crippen LogP contribution in [0.5, 0.6) is 0 Å². The van der Waals surface area contributed by atoms with Crippen LogP contribution in [0.1, 0.15) is 21.3 Å². The number of fused-ring (bicyclic) bond motifs is 14. The Balaban J connectivity index is 0.000000630. The second-order valence-corrected chi connectivity index (χ2v) is 16.4. The van der Waals surface area contributed by atoms with Crippen molar-refractivity contribution in [3.63, 3.8) is 0 Å². The van der Waals surface area contributed by atoms with Crippen molar-refractivity contribution in [2.75, 3.05) is 0 Å². The molecule has 13 rings (SSSR count). The predicted molar refractivity (Wildman–Crippen MR) is 280 cm³/mol. The number of benzene rings is 9. The van der Waals surface area contributed by atoms with Gasteiger partial charge in [-0.2, -0.15) is 0 Å². The van der Waals surface area contributed by atoms with E-state index in [0.717, 1.165) is 22.7 Å². The largest absolute Gasteiger partial charge is 0.309 e. The zero-order chi connectivity index (χ0) is 42.7. The first-order valence-corrected chi connectivity index (χ1v) is 22.1. The molecule has 0 spiro atoms. The van der Waals surface area contributed by atoms with Crippen molar-refractivity contribution >= 4 is 87.2 Å². The van der Waals surface area contributed by atoms with Crippen molar-refractivity contribution in [2.24, 2.45) is 0 Å². The third-order valence-corrected chi connectivity index (χ3v) is 12.8. The highest BCUT2D eigenvalue weighted by molar-refractivity contribution is 6.27. The Bertz CT molecular complexity index is 3710. The van der Waals surface area contributed by atoms with Crippen molar-refractivity contribution in [3.05, 3.63) is 231 Å². The summed E-state index contributed by atoms with van der Waals surface area (Å²) in [5, 5.41) is 9.98. The second-order valence-electron chi connectivity index (χ2n) is 16.4. The molecule has 4 heteroatoms. The summed E-state index contributed by atoms with van der Waals surface area (Å²) < 4.78 is 9.83. The average molecular weight is 837 g/mol. The Labute approximate surface area is 378 Å². The van der Waals surface area contributed by atoms with E-state index in [4.69, 9.17) is 0 Å². The van der Waals surface area contributed by atoms with Crippen molar-refractivity contribution < 1.29 is 0 Å². The van der Waals surface area contributed by atoms with Gasteiger partial charge in [0, 0.05) is 65.8 Å². The lowest BCUT2D eigenvalue weighted by molar-refractivity contribution is 1.14. The monoisotopic (exact) mass is 836 g/mol. The summed E-state index contributed by atoms with van der Waals surface area (Å²) in [5.74, 6) is 0. The predicted octanol–water partition coefficient (Wildman–Crippen LogP) is 16.8. The molecule has 0 amide bonds. The molecule has 4 nitrogen and oxygen atoms in total. The molecule has 4 aromatic heterocycles. The third kappa shape index (κ3) is 6.06. The number of hydrogen-bond acceptors (Lipinski definition) is 0. The molecule has 0 saturated carbocycles. The summed E-state index contributed by atoms with van der Waals surface area (Å²) in [6, 6.07) is 75.4. The fourth-order valence-electron chi connectivity index (χ4n) is 10.3. The minimum absolute atomic E-state index is 0. The van der Waals surface area contributed by atoms with Crippen molar-refractivity contribution in [1.29, 1.82) is 0 Å². The van der Waals surface area contributed by atoms with Crippen LogP contribution in [0, 0.1) is 0 Å². The van der Waals surface area contributed by atoms with Crippen molar-refractivity contribution in [3.8, 4) is 22.7 Å². The first kappa shape index (κ1) is 39.5. The molecule has 0 radical (unpaired) electrons. The highest BCUT2D eigenvalue weighted by atomic mass is 15.0. The molecule has 0 N–H and O–H groups in total. The molecule has 0 fully saturated rings. The van der Waals surface area contributed by atoms with Gasteiger partial charge in [0.05, 0.1) is 44.1 Å². The second kappa shape index (κ2) is 16.1. The molecule has 0 saturated heterocycles. The fourth-order valence-corrected chi connectivity index (χ4v) is 10.3. The number of para-hydroxylation sites is 6. The topological polar surface area (TPSA) is 19.7 Å². The van der Waals surface area contributed by atoms with Crippen LogP contribution in [0.3, 0.4) is 0 Å². The smallest absolute Gasteiger partial charge is 0.0641 e. The molecule has 4 heterocycles. The normalized spacial score (nSPS) is 11.9. The van der Waals surface area contributed by atoms with E-state index in [9.17, 15) is 0 Å². The van der Waals surface area contributed by atoms with Crippen LogP contribution in [-0.4, -0.2) is 18.3 Å². The first-order valence-electron chi connectivity index (χ1n) is 22.1. The Morgan fingerprint density at radius 2 is 0.615 bits per heavy atom. The van der Waals surface area contributed by atoms with Gasteiger partial charge in [-0.15, -0.1) is 0 Å². The molecule has 0 aliphatic rings. The molecule has 0 atom stereocenters. The molecular weight excluding hydrogens is 789 g/mol. The van der Waals surface area contributed by atoms with Gasteiger partial charge in [-0.05, 0) is 92.7 Å². The maximum atomic E-state index is 2.50. The molecule has 9 aromatic carbocycles. The van der Waals surface area contributed by atoms with Crippen LogP contribution in [-0.2, 0) is 0 Å². The number of allylic oxidation sites excluding steroid dienone is 4. The molecule has 0 bridgehead atoms. The van der Waals surface area contributed by atoms with Crippen LogP contribution >= 0.6 is 0 Å². The van der Waals surface area contributed by atoms with Crippen LogP contribution in [0.2, 0.25) is 0 Å². The highest BCUT2D eigenvalue weighted by Gasteiger charge is 2.23. The number of nitrogens with zero attached hydrogens (tertiary/aromatic N) is 4. The van der Waals surface area contributed by atoms with Gasteiger partial charge in [-0.3, -0.25) is 0 Å². The van der Waals surface area contributed by atoms with E-state index in [0.29, 0.717) is 0 Å². The number of hydrogen-bond donors (Lipinski definition) is 0. The molecule has 13 aromatic rings. The van der Waals surface area contributed by atoms with Crippen LogP contribution in [0.4, 0.5) is 0 Å². The van der Waals surface area contributed by atoms with Gasteiger partial charge in [0.15, 0.2) is 0 Å². The van der Waals surface area contributed by atoms with E-state index >= 15 is 0 Å². The zero-order valence-corrected chi connectivity index (χ0v) is 35.7. The summed E-state index contributed by atoms with van der Waals surface area (Å²) in [7, 11) is 0. The number of aromatic nitrogens is 4. The van der Waals surface area contributed by atoms with E-state index in [-0.39, 0.29) is 7.43 Å². The van der Waals surface area contributed by atoms with Gasteiger partial charge in [0.1, 0.15) is 0 Å². The molecule has 65 heavy (non-hydrogen) atoms. The van der Waals surface area contributed by atoms with E-state index < -0.39 is 0 Å². The highest BCUT2D eigenvalue weighted by Crippen LogP contribution is 2.44. The molecule has 312 valence electrons. The summed E-state index contributed by atoms with van der Waals surface area (Å²) >= 11 is 0. The molecule has 0 unspecified atom stereocenters. The van der Waals surface area contributed by atoms with Gasteiger partial charge >= 0.3 is 0 Å². The molecule has 0 aliphatic heterocycles. The lowest BCUT2D eigenvalue weighted by atomic mass is 10.1. The SMILES string of the molecule is C.C/C=C\C=C/C.c1ccc(-n2c3ccccc3c3c2ccc2c4ccccc4n(-c4cccc(-n5c6ccccc6c6ccc7c(c8ccccc8n7-c7ccccc7)c65)c4)c23)cc1. The summed E-state index contributed by atoms with van der Waals surface area (Å²) in [4.78, 5) is 0. The quantitative estimate of drug-likeness (QED) is 0.154. The minimum Gasteiger partial charge on any atom is -0.309 e. The summed E-state index contributed by atoms with van der Waals surface area (Å²) in [6.07, 6.45) is 8.00. The van der Waals surface area contributed by atoms with Gasteiger partial charge in [-0.25, -0.2) is 0 Å². The van der Waals surface area contributed by atoms with Crippen LogP contribution < -0.4 is 0 Å². The van der Waals surface area contributed by atoms with Gasteiger partial charge < -0.3 is 18.3 Å². The Hall–Kier alpha value is -8.34. The van der Waals surface area contributed by atoms with Crippen molar-refractivity contribution in [2.45, 2.75) is 21.3 Å². The van der Waals surface area contributed by atoms with Gasteiger partial charge in [0.2, 0.25) is 0 Å². The van der Waals surface area contributed by atoms with Crippen molar-refractivity contribution in [1.82, 2.24) is 18.3 Å². The third-order valence-electron chi connectivity index (χ3n) is 12.8. The summed E-state index contributed by atoms with van der Waals surface area (Å²) in [5.41, 5.74) is 14.2. The van der Waals surface area contributed by atoms with E-state index in [1.165, 1.54) is 87.2 Å².